The molecular formula is C21H22ClN3O3. The number of pyridine rings is 1. The Balaban J connectivity index is 1.30. The van der Waals surface area contributed by atoms with Crippen LogP contribution in [0.3, 0.4) is 0 Å². The van der Waals surface area contributed by atoms with Gasteiger partial charge in [0.1, 0.15) is 12.7 Å². The molecule has 4 rings (SSSR count). The molecule has 1 saturated heterocycles. The van der Waals surface area contributed by atoms with Gasteiger partial charge in [-0.1, -0.05) is 29.8 Å². The highest BCUT2D eigenvalue weighted by molar-refractivity contribution is 6.30. The Morgan fingerprint density at radius 2 is 2.21 bits per heavy atom. The highest BCUT2D eigenvalue weighted by Gasteiger charge is 2.25. The molecule has 1 aromatic carbocycles. The van der Waals surface area contributed by atoms with E-state index in [-0.39, 0.29) is 12.0 Å². The summed E-state index contributed by atoms with van der Waals surface area (Å²) in [5.74, 6) is 0.661. The average molecular weight is 400 g/mol. The second-order valence-electron chi connectivity index (χ2n) is 6.80. The molecule has 1 unspecified atom stereocenters. The van der Waals surface area contributed by atoms with Crippen molar-refractivity contribution in [3.63, 3.8) is 0 Å². The SMILES string of the molecule is O=C(CCc1c[nH]c2ccccc12)N1CCOC(COc2cccnc2Cl)C1. The van der Waals surface area contributed by atoms with E-state index in [0.717, 1.165) is 5.52 Å². The number of rotatable bonds is 6. The number of aryl methyl sites for hydroxylation is 1. The van der Waals surface area contributed by atoms with Gasteiger partial charge in [0.2, 0.25) is 5.91 Å². The minimum atomic E-state index is -0.179. The molecule has 1 atom stereocenters. The number of carbonyl (C=O) groups is 1. The van der Waals surface area contributed by atoms with Gasteiger partial charge < -0.3 is 19.4 Å². The average Bonchev–Trinajstić information content (AvgIpc) is 3.15. The van der Waals surface area contributed by atoms with Crippen molar-refractivity contribution < 1.29 is 14.3 Å². The predicted molar refractivity (Wildman–Crippen MR) is 108 cm³/mol. The maximum Gasteiger partial charge on any atom is 0.223 e. The summed E-state index contributed by atoms with van der Waals surface area (Å²) in [6, 6.07) is 11.7. The number of nitrogens with one attached hydrogen (secondary N) is 1. The second kappa shape index (κ2) is 8.63. The van der Waals surface area contributed by atoms with E-state index in [0.29, 0.717) is 50.0 Å². The number of nitrogens with zero attached hydrogens (tertiary/aromatic N) is 2. The standard InChI is InChI=1S/C21H22ClN3O3/c22-21-19(6-3-9-23-21)28-14-16-13-25(10-11-27-16)20(26)8-7-15-12-24-18-5-2-1-4-17(15)18/h1-6,9,12,16,24H,7-8,10-11,13-14H2. The van der Waals surface area contributed by atoms with E-state index < -0.39 is 0 Å². The number of aromatic amines is 1. The summed E-state index contributed by atoms with van der Waals surface area (Å²) >= 11 is 6.01. The lowest BCUT2D eigenvalue weighted by molar-refractivity contribution is -0.139. The topological polar surface area (TPSA) is 67.5 Å². The zero-order valence-electron chi connectivity index (χ0n) is 15.4. The summed E-state index contributed by atoms with van der Waals surface area (Å²) in [7, 11) is 0. The van der Waals surface area contributed by atoms with Crippen molar-refractivity contribution in [1.29, 1.82) is 0 Å². The molecule has 1 fully saturated rings. The van der Waals surface area contributed by atoms with Crippen molar-refractivity contribution >= 4 is 28.4 Å². The van der Waals surface area contributed by atoms with Crippen LogP contribution in [0, 0.1) is 0 Å². The molecular weight excluding hydrogens is 378 g/mol. The number of hydrogen-bond donors (Lipinski definition) is 1. The van der Waals surface area contributed by atoms with Crippen LogP contribution in [0.4, 0.5) is 0 Å². The van der Waals surface area contributed by atoms with Crippen LogP contribution in [0.15, 0.2) is 48.8 Å². The Bertz CT molecular complexity index is 959. The number of para-hydroxylation sites is 1. The Morgan fingerprint density at radius 3 is 3.11 bits per heavy atom. The molecule has 0 saturated carbocycles. The van der Waals surface area contributed by atoms with E-state index >= 15 is 0 Å². The predicted octanol–water partition coefficient (Wildman–Crippen LogP) is 3.46. The number of hydrogen-bond acceptors (Lipinski definition) is 4. The number of fused-ring (bicyclic) bond motifs is 1. The van der Waals surface area contributed by atoms with Gasteiger partial charge in [0.25, 0.3) is 0 Å². The molecule has 1 N–H and O–H groups in total. The van der Waals surface area contributed by atoms with Crippen LogP contribution in [0.1, 0.15) is 12.0 Å². The fourth-order valence-electron chi connectivity index (χ4n) is 3.45. The summed E-state index contributed by atoms with van der Waals surface area (Å²) in [5, 5.41) is 1.50. The first-order chi connectivity index (χ1) is 13.7. The minimum Gasteiger partial charge on any atom is -0.488 e. The number of benzene rings is 1. The highest BCUT2D eigenvalue weighted by atomic mass is 35.5. The molecule has 146 valence electrons. The maximum absolute atomic E-state index is 12.7. The molecule has 3 heterocycles. The number of ether oxygens (including phenoxy) is 2. The van der Waals surface area contributed by atoms with Crippen molar-refractivity contribution in [2.45, 2.75) is 18.9 Å². The Labute approximate surface area is 168 Å². The number of halogens is 1. The van der Waals surface area contributed by atoms with Crippen LogP contribution in [-0.2, 0) is 16.0 Å². The third kappa shape index (κ3) is 4.29. The van der Waals surface area contributed by atoms with Crippen LogP contribution in [0.2, 0.25) is 5.15 Å². The van der Waals surface area contributed by atoms with Crippen LogP contribution >= 0.6 is 11.6 Å². The van der Waals surface area contributed by atoms with Crippen LogP contribution in [0.25, 0.3) is 10.9 Å². The number of carbonyl (C=O) groups excluding carboxylic acids is 1. The van der Waals surface area contributed by atoms with Gasteiger partial charge in [-0.2, -0.15) is 0 Å². The van der Waals surface area contributed by atoms with Gasteiger partial charge in [-0.3, -0.25) is 4.79 Å². The summed E-state index contributed by atoms with van der Waals surface area (Å²) in [6.45, 7) is 1.97. The second-order valence-corrected chi connectivity index (χ2v) is 7.15. The first-order valence-electron chi connectivity index (χ1n) is 9.38. The van der Waals surface area contributed by atoms with Crippen molar-refractivity contribution in [3.8, 4) is 5.75 Å². The first kappa shape index (κ1) is 18.8. The fourth-order valence-corrected chi connectivity index (χ4v) is 3.62. The zero-order valence-corrected chi connectivity index (χ0v) is 16.2. The largest absolute Gasteiger partial charge is 0.488 e. The van der Waals surface area contributed by atoms with Crippen molar-refractivity contribution in [2.24, 2.45) is 0 Å². The number of amides is 1. The van der Waals surface area contributed by atoms with Gasteiger partial charge >= 0.3 is 0 Å². The van der Waals surface area contributed by atoms with E-state index in [9.17, 15) is 4.79 Å². The molecule has 1 aliphatic rings. The third-order valence-electron chi connectivity index (χ3n) is 4.92. The monoisotopic (exact) mass is 399 g/mol. The molecule has 28 heavy (non-hydrogen) atoms. The van der Waals surface area contributed by atoms with Crippen molar-refractivity contribution in [3.05, 3.63) is 59.5 Å². The molecule has 0 aliphatic carbocycles. The van der Waals surface area contributed by atoms with Gasteiger partial charge in [0.15, 0.2) is 10.9 Å². The molecule has 0 bridgehead atoms. The summed E-state index contributed by atoms with van der Waals surface area (Å²) < 4.78 is 11.5. The molecule has 0 radical (unpaired) electrons. The van der Waals surface area contributed by atoms with Gasteiger partial charge in [0.05, 0.1) is 13.2 Å². The zero-order chi connectivity index (χ0) is 19.3. The Kier molecular flexibility index (Phi) is 5.78. The first-order valence-corrected chi connectivity index (χ1v) is 9.76. The van der Waals surface area contributed by atoms with Crippen LogP contribution < -0.4 is 4.74 Å². The van der Waals surface area contributed by atoms with Crippen molar-refractivity contribution in [1.82, 2.24) is 14.9 Å². The van der Waals surface area contributed by atoms with E-state index in [4.69, 9.17) is 21.1 Å². The summed E-state index contributed by atoms with van der Waals surface area (Å²) in [5.41, 5.74) is 2.27. The molecule has 0 spiro atoms. The Morgan fingerprint density at radius 1 is 1.32 bits per heavy atom. The van der Waals surface area contributed by atoms with Crippen molar-refractivity contribution in [2.75, 3.05) is 26.3 Å². The lowest BCUT2D eigenvalue weighted by Gasteiger charge is -2.33. The summed E-state index contributed by atoms with van der Waals surface area (Å²) in [4.78, 5) is 21.8. The quantitative estimate of drug-likeness (QED) is 0.644. The molecule has 6 nitrogen and oxygen atoms in total. The lowest BCUT2D eigenvalue weighted by Crippen LogP contribution is -2.47. The normalized spacial score (nSPS) is 17.0. The van der Waals surface area contributed by atoms with E-state index in [2.05, 4.69) is 16.0 Å². The highest BCUT2D eigenvalue weighted by Crippen LogP contribution is 2.22. The molecule has 3 aromatic rings. The number of aromatic nitrogens is 2. The number of morpholine rings is 1. The molecule has 1 amide bonds. The summed E-state index contributed by atoms with van der Waals surface area (Å²) in [6.07, 6.45) is 4.62. The van der Waals surface area contributed by atoms with Crippen LogP contribution in [0.5, 0.6) is 5.75 Å². The lowest BCUT2D eigenvalue weighted by atomic mass is 10.1. The fraction of sp³-hybridized carbons (Fsp3) is 0.333. The smallest absolute Gasteiger partial charge is 0.223 e. The molecule has 1 aliphatic heterocycles. The van der Waals surface area contributed by atoms with E-state index in [1.54, 1.807) is 18.3 Å². The number of H-pyrrole nitrogens is 1. The minimum absolute atomic E-state index is 0.137. The third-order valence-corrected chi connectivity index (χ3v) is 5.21. The molecule has 2 aromatic heterocycles. The van der Waals surface area contributed by atoms with Gasteiger partial charge in [-0.05, 0) is 30.2 Å². The van der Waals surface area contributed by atoms with Gasteiger partial charge in [-0.25, -0.2) is 4.98 Å². The maximum atomic E-state index is 12.7. The van der Waals surface area contributed by atoms with E-state index in [1.807, 2.05) is 29.3 Å². The van der Waals surface area contributed by atoms with E-state index in [1.165, 1.54) is 10.9 Å². The van der Waals surface area contributed by atoms with Crippen LogP contribution in [-0.4, -0.2) is 53.2 Å². The van der Waals surface area contributed by atoms with Gasteiger partial charge in [-0.15, -0.1) is 0 Å². The van der Waals surface area contributed by atoms with Gasteiger partial charge in [0, 0.05) is 36.3 Å². The molecule has 7 heteroatoms. The Hall–Kier alpha value is -2.57.